The smallest absolute Gasteiger partial charge is 0.239 e. The maximum atomic E-state index is 12.2. The van der Waals surface area contributed by atoms with Crippen molar-refractivity contribution >= 4 is 35.8 Å². The number of rotatable bonds is 10. The summed E-state index contributed by atoms with van der Waals surface area (Å²) in [6.45, 7) is 8.33. The molecule has 0 heterocycles. The van der Waals surface area contributed by atoms with E-state index in [0.29, 0.717) is 32.2 Å². The van der Waals surface area contributed by atoms with Crippen molar-refractivity contribution in [2.24, 2.45) is 4.99 Å². The summed E-state index contributed by atoms with van der Waals surface area (Å²) in [4.78, 5) is 16.8. The highest BCUT2D eigenvalue weighted by Gasteiger charge is 2.06. The highest BCUT2D eigenvalue weighted by molar-refractivity contribution is 14.0. The van der Waals surface area contributed by atoms with Gasteiger partial charge in [0.25, 0.3) is 0 Å². The molecule has 0 spiro atoms. The average molecular weight is 540 g/mol. The van der Waals surface area contributed by atoms with E-state index in [2.05, 4.69) is 20.9 Å². The van der Waals surface area contributed by atoms with Crippen LogP contribution in [0.3, 0.4) is 0 Å². The summed E-state index contributed by atoms with van der Waals surface area (Å²) < 4.78 is 10.9. The van der Waals surface area contributed by atoms with E-state index in [1.807, 2.05) is 63.2 Å². The fourth-order valence-electron chi connectivity index (χ4n) is 2.76. The van der Waals surface area contributed by atoms with Gasteiger partial charge < -0.3 is 25.4 Å². The van der Waals surface area contributed by atoms with Crippen LogP contribution in [0.5, 0.6) is 11.5 Å². The predicted octanol–water partition coefficient (Wildman–Crippen LogP) is 3.39. The minimum Gasteiger partial charge on any atom is -0.497 e. The number of guanidine groups is 1. The van der Waals surface area contributed by atoms with E-state index < -0.39 is 0 Å². The fraction of sp³-hybridized carbons (Fsp3) is 0.391. The number of amides is 1. The van der Waals surface area contributed by atoms with Crippen LogP contribution >= 0.6 is 24.0 Å². The van der Waals surface area contributed by atoms with Gasteiger partial charge in [0, 0.05) is 18.7 Å². The number of carbonyl (C=O) groups excluding carboxylic acids is 1. The van der Waals surface area contributed by atoms with E-state index in [1.54, 1.807) is 7.11 Å². The second-order valence-corrected chi connectivity index (χ2v) is 6.72. The van der Waals surface area contributed by atoms with Crippen LogP contribution < -0.4 is 25.4 Å². The van der Waals surface area contributed by atoms with Crippen molar-refractivity contribution in [3.63, 3.8) is 0 Å². The van der Waals surface area contributed by atoms with E-state index >= 15 is 0 Å². The minimum atomic E-state index is -0.109. The zero-order valence-corrected chi connectivity index (χ0v) is 21.0. The number of methoxy groups -OCH3 is 1. The van der Waals surface area contributed by atoms with Crippen molar-refractivity contribution in [3.8, 4) is 11.5 Å². The normalized spacial score (nSPS) is 10.6. The van der Waals surface area contributed by atoms with Gasteiger partial charge >= 0.3 is 0 Å². The Morgan fingerprint density at radius 3 is 2.42 bits per heavy atom. The van der Waals surface area contributed by atoms with E-state index in [1.165, 1.54) is 0 Å². The summed E-state index contributed by atoms with van der Waals surface area (Å²) in [5, 5.41) is 9.13. The molecule has 0 atom stereocenters. The monoisotopic (exact) mass is 540 g/mol. The topological polar surface area (TPSA) is 84.0 Å². The van der Waals surface area contributed by atoms with Gasteiger partial charge in [-0.25, -0.2) is 4.99 Å². The van der Waals surface area contributed by atoms with Crippen molar-refractivity contribution in [3.05, 3.63) is 59.2 Å². The summed E-state index contributed by atoms with van der Waals surface area (Å²) in [6, 6.07) is 13.7. The molecule has 0 fully saturated rings. The van der Waals surface area contributed by atoms with Gasteiger partial charge in [-0.15, -0.1) is 24.0 Å². The minimum absolute atomic E-state index is 0. The van der Waals surface area contributed by atoms with Gasteiger partial charge in [0.15, 0.2) is 5.96 Å². The number of carbonyl (C=O) groups is 1. The molecule has 7 nitrogen and oxygen atoms in total. The van der Waals surface area contributed by atoms with Crippen LogP contribution in [0.4, 0.5) is 0 Å². The van der Waals surface area contributed by atoms with Crippen LogP contribution in [0.2, 0.25) is 0 Å². The van der Waals surface area contributed by atoms with Gasteiger partial charge in [0.1, 0.15) is 11.5 Å². The lowest BCUT2D eigenvalue weighted by atomic mass is 10.1. The molecule has 0 aromatic heterocycles. The van der Waals surface area contributed by atoms with Crippen LogP contribution in [0.25, 0.3) is 0 Å². The molecule has 0 aliphatic rings. The second kappa shape index (κ2) is 14.5. The van der Waals surface area contributed by atoms with Crippen molar-refractivity contribution in [1.82, 2.24) is 16.0 Å². The standard InChI is InChI=1S/C23H32N4O3.HI/c1-5-24-23(26-15-19-10-7-17(3)13-21(19)30-6-2)27-16-22(28)25-14-18-8-11-20(29-4)12-9-18;/h7-13H,5-6,14-16H2,1-4H3,(H,25,28)(H2,24,26,27);1H. The molecule has 8 heteroatoms. The van der Waals surface area contributed by atoms with Gasteiger partial charge in [-0.05, 0) is 50.1 Å². The largest absolute Gasteiger partial charge is 0.497 e. The summed E-state index contributed by atoms with van der Waals surface area (Å²) in [5.41, 5.74) is 3.15. The van der Waals surface area contributed by atoms with Gasteiger partial charge in [0.2, 0.25) is 5.91 Å². The van der Waals surface area contributed by atoms with Crippen LogP contribution in [0, 0.1) is 6.92 Å². The predicted molar refractivity (Wildman–Crippen MR) is 135 cm³/mol. The van der Waals surface area contributed by atoms with E-state index in [9.17, 15) is 4.79 Å². The van der Waals surface area contributed by atoms with Crippen molar-refractivity contribution in [1.29, 1.82) is 0 Å². The number of halogens is 1. The van der Waals surface area contributed by atoms with Crippen molar-refractivity contribution in [2.45, 2.75) is 33.9 Å². The number of ether oxygens (including phenoxy) is 2. The molecule has 0 aliphatic heterocycles. The molecule has 0 unspecified atom stereocenters. The summed E-state index contributed by atoms with van der Waals surface area (Å²) in [7, 11) is 1.63. The third-order valence-electron chi connectivity index (χ3n) is 4.34. The van der Waals surface area contributed by atoms with Gasteiger partial charge in [-0.1, -0.05) is 24.3 Å². The zero-order chi connectivity index (χ0) is 21.8. The number of hydrogen-bond acceptors (Lipinski definition) is 4. The van der Waals surface area contributed by atoms with Gasteiger partial charge in [0.05, 0.1) is 26.8 Å². The lowest BCUT2D eigenvalue weighted by Gasteiger charge is -2.13. The Morgan fingerprint density at radius 1 is 1.03 bits per heavy atom. The molecule has 31 heavy (non-hydrogen) atoms. The molecule has 170 valence electrons. The first-order chi connectivity index (χ1) is 14.5. The Balaban J connectivity index is 0.00000480. The number of aliphatic imine (C=N–C) groups is 1. The second-order valence-electron chi connectivity index (χ2n) is 6.72. The lowest BCUT2D eigenvalue weighted by Crippen LogP contribution is -2.43. The van der Waals surface area contributed by atoms with E-state index in [0.717, 1.165) is 28.2 Å². The summed E-state index contributed by atoms with van der Waals surface area (Å²) in [5.74, 6) is 2.11. The third kappa shape index (κ3) is 9.46. The third-order valence-corrected chi connectivity index (χ3v) is 4.34. The maximum absolute atomic E-state index is 12.2. The highest BCUT2D eigenvalue weighted by Crippen LogP contribution is 2.21. The first kappa shape index (κ1) is 26.5. The molecule has 2 aromatic rings. The molecular weight excluding hydrogens is 507 g/mol. The Hall–Kier alpha value is -2.49. The Labute approximate surface area is 202 Å². The summed E-state index contributed by atoms with van der Waals surface area (Å²) >= 11 is 0. The van der Waals surface area contributed by atoms with Crippen molar-refractivity contribution in [2.75, 3.05) is 26.8 Å². The van der Waals surface area contributed by atoms with Crippen LogP contribution in [0.15, 0.2) is 47.5 Å². The molecular formula is C23H33IN4O3. The molecule has 0 bridgehead atoms. The SMILES string of the molecule is CCNC(=NCc1ccc(C)cc1OCC)NCC(=O)NCc1ccc(OC)cc1.I. The molecule has 2 rings (SSSR count). The molecule has 0 aliphatic carbocycles. The molecule has 0 saturated heterocycles. The number of hydrogen-bond donors (Lipinski definition) is 3. The summed E-state index contributed by atoms with van der Waals surface area (Å²) in [6.07, 6.45) is 0. The number of benzene rings is 2. The number of aryl methyl sites for hydroxylation is 1. The van der Waals surface area contributed by atoms with Crippen LogP contribution in [-0.4, -0.2) is 38.7 Å². The molecule has 0 saturated carbocycles. The fourth-order valence-corrected chi connectivity index (χ4v) is 2.76. The average Bonchev–Trinajstić information content (AvgIpc) is 2.75. The Bertz CT molecular complexity index is 841. The molecule has 2 aromatic carbocycles. The van der Waals surface area contributed by atoms with E-state index in [-0.39, 0.29) is 36.4 Å². The number of nitrogens with zero attached hydrogens (tertiary/aromatic N) is 1. The van der Waals surface area contributed by atoms with Crippen LogP contribution in [-0.2, 0) is 17.9 Å². The first-order valence-electron chi connectivity index (χ1n) is 10.2. The first-order valence-corrected chi connectivity index (χ1v) is 10.2. The molecule has 1 amide bonds. The van der Waals surface area contributed by atoms with E-state index in [4.69, 9.17) is 9.47 Å². The quantitative estimate of drug-likeness (QED) is 0.245. The Morgan fingerprint density at radius 2 is 1.77 bits per heavy atom. The molecule has 0 radical (unpaired) electrons. The lowest BCUT2D eigenvalue weighted by molar-refractivity contribution is -0.120. The highest BCUT2D eigenvalue weighted by atomic mass is 127. The molecule has 3 N–H and O–H groups in total. The van der Waals surface area contributed by atoms with Crippen molar-refractivity contribution < 1.29 is 14.3 Å². The maximum Gasteiger partial charge on any atom is 0.239 e. The zero-order valence-electron chi connectivity index (χ0n) is 18.7. The van der Waals surface area contributed by atoms with Crippen LogP contribution in [0.1, 0.15) is 30.5 Å². The Kier molecular flexibility index (Phi) is 12.4. The number of nitrogens with one attached hydrogen (secondary N) is 3. The van der Waals surface area contributed by atoms with Gasteiger partial charge in [-0.3, -0.25) is 4.79 Å². The van der Waals surface area contributed by atoms with Gasteiger partial charge in [-0.2, -0.15) is 0 Å².